The highest BCUT2D eigenvalue weighted by atomic mass is 35.5. The molecule has 34 heavy (non-hydrogen) atoms. The van der Waals surface area contributed by atoms with Crippen LogP contribution >= 0.6 is 11.6 Å². The molecule has 3 rings (SSSR count). The number of ketones is 1. The number of amides is 1. The molecule has 0 aliphatic heterocycles. The van der Waals surface area contributed by atoms with Crippen LogP contribution in [-0.2, 0) is 4.84 Å². The molecule has 6 nitrogen and oxygen atoms in total. The molecular formula is C27H28ClN3O3. The summed E-state index contributed by atoms with van der Waals surface area (Å²) in [6, 6.07) is 24.0. The van der Waals surface area contributed by atoms with Crippen LogP contribution in [0.3, 0.4) is 0 Å². The quantitative estimate of drug-likeness (QED) is 0.112. The predicted octanol–water partition coefficient (Wildman–Crippen LogP) is 6.30. The molecule has 3 aromatic carbocycles. The topological polar surface area (TPSA) is 79.8 Å². The van der Waals surface area contributed by atoms with Crippen molar-refractivity contribution in [3.05, 3.63) is 95.6 Å². The van der Waals surface area contributed by atoms with E-state index in [9.17, 15) is 9.59 Å². The summed E-state index contributed by atoms with van der Waals surface area (Å²) in [5.41, 5.74) is 9.04. The smallest absolute Gasteiger partial charge is 0.296 e. The summed E-state index contributed by atoms with van der Waals surface area (Å²) in [4.78, 5) is 29.0. The van der Waals surface area contributed by atoms with Crippen LogP contribution in [0.5, 0.6) is 0 Å². The normalized spacial score (nSPS) is 11.2. The average molecular weight is 478 g/mol. The molecule has 0 unspecified atom stereocenters. The molecular weight excluding hydrogens is 450 g/mol. The van der Waals surface area contributed by atoms with Crippen LogP contribution < -0.4 is 10.9 Å². The van der Waals surface area contributed by atoms with Gasteiger partial charge in [-0.3, -0.25) is 15.1 Å². The molecule has 7 heteroatoms. The maximum Gasteiger partial charge on any atom is 0.447 e. The number of halogens is 1. The van der Waals surface area contributed by atoms with Gasteiger partial charge in [-0.1, -0.05) is 122 Å². The number of benzene rings is 3. The summed E-state index contributed by atoms with van der Waals surface area (Å²) in [6.07, 6.45) is 3.68. The minimum absolute atomic E-state index is 0.0128. The second-order valence-electron chi connectivity index (χ2n) is 7.72. The highest BCUT2D eigenvalue weighted by Gasteiger charge is 2.09. The lowest BCUT2D eigenvalue weighted by Crippen LogP contribution is -2.37. The fourth-order valence-electron chi connectivity index (χ4n) is 3.30. The Morgan fingerprint density at radius 1 is 0.794 bits per heavy atom. The van der Waals surface area contributed by atoms with Gasteiger partial charge >= 0.3 is 6.09 Å². The van der Waals surface area contributed by atoms with Gasteiger partial charge in [-0.15, -0.1) is 0 Å². The van der Waals surface area contributed by atoms with Crippen molar-refractivity contribution in [2.75, 3.05) is 6.54 Å². The molecule has 0 aromatic heterocycles. The lowest BCUT2D eigenvalue weighted by atomic mass is 9.99. The number of hydrogen-bond acceptors (Lipinski definition) is 5. The maximum absolute atomic E-state index is 12.6. The Bertz CT molecular complexity index is 1100. The predicted molar refractivity (Wildman–Crippen MR) is 136 cm³/mol. The molecule has 0 saturated carbocycles. The van der Waals surface area contributed by atoms with E-state index in [1.54, 1.807) is 24.3 Å². The van der Waals surface area contributed by atoms with Crippen molar-refractivity contribution in [3.63, 3.8) is 0 Å². The molecule has 0 aliphatic rings. The number of carbonyl (C=O) groups excluding carboxylic acids is 2. The molecule has 0 heterocycles. The SMILES string of the molecule is CCCCCCNNC(=O)O/N=C(\Cl)c1ccc(-c2ccc(C(=O)c3ccccc3)cc2)cc1. The van der Waals surface area contributed by atoms with Gasteiger partial charge in [-0.2, -0.15) is 0 Å². The third kappa shape index (κ3) is 7.54. The van der Waals surface area contributed by atoms with Gasteiger partial charge in [0.25, 0.3) is 0 Å². The number of hydrogen-bond donors (Lipinski definition) is 2. The van der Waals surface area contributed by atoms with Gasteiger partial charge < -0.3 is 0 Å². The third-order valence-electron chi connectivity index (χ3n) is 5.19. The monoisotopic (exact) mass is 477 g/mol. The highest BCUT2D eigenvalue weighted by molar-refractivity contribution is 6.69. The molecule has 1 amide bonds. The zero-order chi connectivity index (χ0) is 24.2. The van der Waals surface area contributed by atoms with Gasteiger partial charge in [-0.05, 0) is 17.5 Å². The molecule has 176 valence electrons. The first-order chi connectivity index (χ1) is 16.6. The fourth-order valence-corrected chi connectivity index (χ4v) is 3.46. The number of unbranched alkanes of at least 4 members (excludes halogenated alkanes) is 3. The van der Waals surface area contributed by atoms with Crippen molar-refractivity contribution in [1.82, 2.24) is 10.9 Å². The largest absolute Gasteiger partial charge is 0.447 e. The van der Waals surface area contributed by atoms with Gasteiger partial charge in [0.1, 0.15) is 0 Å². The van der Waals surface area contributed by atoms with Crippen LogP contribution in [0.15, 0.2) is 84.0 Å². The van der Waals surface area contributed by atoms with Crippen molar-refractivity contribution in [3.8, 4) is 11.1 Å². The summed E-state index contributed by atoms with van der Waals surface area (Å²) in [5, 5.41) is 3.74. The molecule has 0 aliphatic carbocycles. The number of nitrogens with zero attached hydrogens (tertiary/aromatic N) is 1. The number of carbonyl (C=O) groups is 2. The average Bonchev–Trinajstić information content (AvgIpc) is 2.89. The van der Waals surface area contributed by atoms with Crippen LogP contribution in [0.25, 0.3) is 11.1 Å². The Balaban J connectivity index is 1.53. The minimum atomic E-state index is -0.726. The highest BCUT2D eigenvalue weighted by Crippen LogP contribution is 2.22. The van der Waals surface area contributed by atoms with Crippen LogP contribution in [-0.4, -0.2) is 23.6 Å². The van der Waals surface area contributed by atoms with E-state index >= 15 is 0 Å². The van der Waals surface area contributed by atoms with Gasteiger partial charge in [0.15, 0.2) is 11.0 Å². The van der Waals surface area contributed by atoms with Gasteiger partial charge in [0.2, 0.25) is 0 Å². The first-order valence-corrected chi connectivity index (χ1v) is 11.7. The first kappa shape index (κ1) is 25.1. The van der Waals surface area contributed by atoms with E-state index < -0.39 is 6.09 Å². The summed E-state index contributed by atoms with van der Waals surface area (Å²) < 4.78 is 0. The van der Waals surface area contributed by atoms with Crippen molar-refractivity contribution < 1.29 is 14.4 Å². The molecule has 0 fully saturated rings. The Labute approximate surface area is 204 Å². The van der Waals surface area contributed by atoms with E-state index in [-0.39, 0.29) is 11.0 Å². The van der Waals surface area contributed by atoms with E-state index in [0.29, 0.717) is 23.2 Å². The van der Waals surface area contributed by atoms with E-state index in [4.69, 9.17) is 16.4 Å². The van der Waals surface area contributed by atoms with Crippen LogP contribution in [0.1, 0.15) is 54.1 Å². The standard InChI is InChI=1S/C27H28ClN3O3/c1-2-3-4-8-19-29-30-27(33)34-31-26(28)24-17-13-21(14-18-24)20-11-15-23(16-12-20)25(32)22-9-6-5-7-10-22/h5-7,9-18,29H,2-4,8,19H2,1H3,(H,30,33)/b31-26-. The molecule has 0 spiro atoms. The fraction of sp³-hybridized carbons (Fsp3) is 0.222. The zero-order valence-electron chi connectivity index (χ0n) is 19.1. The van der Waals surface area contributed by atoms with Crippen molar-refractivity contribution in [2.24, 2.45) is 5.16 Å². The van der Waals surface area contributed by atoms with Crippen LogP contribution in [0.2, 0.25) is 0 Å². The number of oxime groups is 1. The molecule has 3 aromatic rings. The summed E-state index contributed by atoms with van der Waals surface area (Å²) in [5.74, 6) is -0.0128. The summed E-state index contributed by atoms with van der Waals surface area (Å²) >= 11 is 6.17. The first-order valence-electron chi connectivity index (χ1n) is 11.3. The Kier molecular flexibility index (Phi) is 9.82. The number of hydrazine groups is 1. The van der Waals surface area contributed by atoms with E-state index in [0.717, 1.165) is 30.4 Å². The Hall–Kier alpha value is -3.48. The van der Waals surface area contributed by atoms with E-state index in [2.05, 4.69) is 22.9 Å². The minimum Gasteiger partial charge on any atom is -0.296 e. The Morgan fingerprint density at radius 3 is 2.00 bits per heavy atom. The number of nitrogens with one attached hydrogen (secondary N) is 2. The second-order valence-corrected chi connectivity index (χ2v) is 8.08. The molecule has 0 bridgehead atoms. The van der Waals surface area contributed by atoms with E-state index in [1.165, 1.54) is 6.42 Å². The lowest BCUT2D eigenvalue weighted by molar-refractivity contribution is 0.103. The molecule has 0 radical (unpaired) electrons. The maximum atomic E-state index is 12.6. The molecule has 0 saturated heterocycles. The Morgan fingerprint density at radius 2 is 1.38 bits per heavy atom. The van der Waals surface area contributed by atoms with Crippen LogP contribution in [0, 0.1) is 0 Å². The van der Waals surface area contributed by atoms with Crippen molar-refractivity contribution in [2.45, 2.75) is 32.6 Å². The molecule has 2 N–H and O–H groups in total. The van der Waals surface area contributed by atoms with Gasteiger partial charge in [0, 0.05) is 23.2 Å². The summed E-state index contributed by atoms with van der Waals surface area (Å²) in [6.45, 7) is 2.81. The third-order valence-corrected chi connectivity index (χ3v) is 5.48. The second kappa shape index (κ2) is 13.3. The number of rotatable bonds is 11. The lowest BCUT2D eigenvalue weighted by Gasteiger charge is -2.06. The van der Waals surface area contributed by atoms with Crippen LogP contribution in [0.4, 0.5) is 4.79 Å². The van der Waals surface area contributed by atoms with Crippen molar-refractivity contribution in [1.29, 1.82) is 0 Å². The summed E-state index contributed by atoms with van der Waals surface area (Å²) in [7, 11) is 0. The van der Waals surface area contributed by atoms with Crippen molar-refractivity contribution >= 4 is 28.6 Å². The molecule has 0 atom stereocenters. The zero-order valence-corrected chi connectivity index (χ0v) is 19.8. The van der Waals surface area contributed by atoms with E-state index in [1.807, 2.05) is 54.6 Å². The van der Waals surface area contributed by atoms with Gasteiger partial charge in [0.05, 0.1) is 0 Å². The van der Waals surface area contributed by atoms with Gasteiger partial charge in [-0.25, -0.2) is 10.2 Å².